The first-order valence-electron chi connectivity index (χ1n) is 7.03. The van der Waals surface area contributed by atoms with Crippen LogP contribution in [-0.2, 0) is 6.54 Å². The van der Waals surface area contributed by atoms with Crippen LogP contribution in [0, 0.1) is 10.8 Å². The predicted molar refractivity (Wildman–Crippen MR) is 75.4 cm³/mol. The second-order valence-electron chi connectivity index (χ2n) is 7.22. The van der Waals surface area contributed by atoms with E-state index in [-0.39, 0.29) is 5.41 Å². The largest absolute Gasteiger partial charge is 0.336 e. The topological polar surface area (TPSA) is 29.9 Å². The lowest BCUT2D eigenvalue weighted by atomic mass is 9.85. The quantitative estimate of drug-likeness (QED) is 0.869. The minimum absolute atomic E-state index is 0.254. The molecule has 0 radical (unpaired) electrons. The summed E-state index contributed by atoms with van der Waals surface area (Å²) < 4.78 is 2.17. The van der Waals surface area contributed by atoms with E-state index in [9.17, 15) is 0 Å². The van der Waals surface area contributed by atoms with Gasteiger partial charge in [-0.2, -0.15) is 0 Å². The lowest BCUT2D eigenvalue weighted by Gasteiger charge is -2.36. The van der Waals surface area contributed by atoms with E-state index in [1.54, 1.807) is 0 Å². The molecule has 1 aromatic heterocycles. The second-order valence-corrected chi connectivity index (χ2v) is 7.22. The minimum atomic E-state index is 0.254. The summed E-state index contributed by atoms with van der Waals surface area (Å²) in [6.07, 6.45) is 8.53. The highest BCUT2D eigenvalue weighted by Gasteiger charge is 2.43. The van der Waals surface area contributed by atoms with E-state index in [1.165, 1.54) is 12.8 Å². The van der Waals surface area contributed by atoms with Crippen LogP contribution in [0.3, 0.4) is 0 Å². The van der Waals surface area contributed by atoms with Gasteiger partial charge in [0, 0.05) is 31.0 Å². The smallest absolute Gasteiger partial charge is 0.0946 e. The maximum Gasteiger partial charge on any atom is 0.0946 e. The minimum Gasteiger partial charge on any atom is -0.336 e. The predicted octanol–water partition coefficient (Wildman–Crippen LogP) is 3.08. The van der Waals surface area contributed by atoms with Crippen LogP contribution < -0.4 is 5.32 Å². The molecule has 1 aliphatic rings. The summed E-state index contributed by atoms with van der Waals surface area (Å²) in [5.41, 5.74) is 0.780. The number of hydrogen-bond acceptors (Lipinski definition) is 2. The average Bonchev–Trinajstić information content (AvgIpc) is 2.82. The van der Waals surface area contributed by atoms with Gasteiger partial charge in [-0.1, -0.05) is 27.7 Å². The first-order chi connectivity index (χ1) is 8.31. The molecule has 2 unspecified atom stereocenters. The van der Waals surface area contributed by atoms with Crippen LogP contribution in [-0.4, -0.2) is 21.6 Å². The third-order valence-corrected chi connectivity index (χ3v) is 4.53. The average molecular weight is 249 g/mol. The molecule has 102 valence electrons. The van der Waals surface area contributed by atoms with Crippen molar-refractivity contribution >= 4 is 0 Å². The number of imidazole rings is 1. The highest BCUT2D eigenvalue weighted by atomic mass is 15.1. The van der Waals surface area contributed by atoms with Gasteiger partial charge < -0.3 is 9.88 Å². The number of nitrogens with one attached hydrogen (secondary N) is 1. The maximum absolute atomic E-state index is 4.13. The van der Waals surface area contributed by atoms with E-state index in [4.69, 9.17) is 0 Å². The summed E-state index contributed by atoms with van der Waals surface area (Å²) in [5.74, 6) is 0. The van der Waals surface area contributed by atoms with Crippen LogP contribution >= 0.6 is 0 Å². The molecule has 1 heterocycles. The molecule has 3 nitrogen and oxygen atoms in total. The fourth-order valence-electron chi connectivity index (χ4n) is 2.32. The summed E-state index contributed by atoms with van der Waals surface area (Å²) in [5, 5.41) is 3.85. The zero-order chi connectivity index (χ0) is 13.4. The van der Waals surface area contributed by atoms with E-state index in [1.807, 2.05) is 18.7 Å². The Morgan fingerprint density at radius 1 is 1.39 bits per heavy atom. The first-order valence-corrected chi connectivity index (χ1v) is 7.03. The molecule has 18 heavy (non-hydrogen) atoms. The van der Waals surface area contributed by atoms with E-state index in [2.05, 4.69) is 49.5 Å². The van der Waals surface area contributed by atoms with Crippen molar-refractivity contribution in [2.24, 2.45) is 10.8 Å². The van der Waals surface area contributed by atoms with Crippen LogP contribution in [0.4, 0.5) is 0 Å². The van der Waals surface area contributed by atoms with E-state index in [0.717, 1.165) is 6.54 Å². The molecule has 1 aliphatic carbocycles. The van der Waals surface area contributed by atoms with Gasteiger partial charge in [0.2, 0.25) is 0 Å². The van der Waals surface area contributed by atoms with E-state index in [0.29, 0.717) is 17.5 Å². The molecule has 2 rings (SSSR count). The molecule has 1 N–H and O–H groups in total. The highest BCUT2D eigenvalue weighted by molar-refractivity contribution is 4.99. The van der Waals surface area contributed by atoms with Gasteiger partial charge in [-0.25, -0.2) is 4.98 Å². The lowest BCUT2D eigenvalue weighted by Crippen LogP contribution is -2.49. The molecular weight excluding hydrogens is 222 g/mol. The summed E-state index contributed by atoms with van der Waals surface area (Å²) in [4.78, 5) is 4.13. The highest BCUT2D eigenvalue weighted by Crippen LogP contribution is 2.48. The molecule has 1 saturated carbocycles. The van der Waals surface area contributed by atoms with Crippen LogP contribution in [0.2, 0.25) is 0 Å². The zero-order valence-electron chi connectivity index (χ0n) is 12.4. The molecule has 0 saturated heterocycles. The van der Waals surface area contributed by atoms with Crippen molar-refractivity contribution in [2.45, 2.75) is 66.1 Å². The third kappa shape index (κ3) is 3.14. The monoisotopic (exact) mass is 249 g/mol. The molecule has 3 heteroatoms. The van der Waals surface area contributed by atoms with Crippen LogP contribution in [0.5, 0.6) is 0 Å². The van der Waals surface area contributed by atoms with Crippen LogP contribution in [0.15, 0.2) is 18.7 Å². The molecule has 2 atom stereocenters. The summed E-state index contributed by atoms with van der Waals surface area (Å²) in [6.45, 7) is 12.6. The molecule has 0 aliphatic heterocycles. The van der Waals surface area contributed by atoms with Gasteiger partial charge in [0.05, 0.1) is 6.33 Å². The van der Waals surface area contributed by atoms with Crippen molar-refractivity contribution < 1.29 is 0 Å². The fraction of sp³-hybridized carbons (Fsp3) is 0.800. The van der Waals surface area contributed by atoms with Gasteiger partial charge in [-0.05, 0) is 30.6 Å². The van der Waals surface area contributed by atoms with E-state index >= 15 is 0 Å². The Morgan fingerprint density at radius 3 is 2.50 bits per heavy atom. The summed E-state index contributed by atoms with van der Waals surface area (Å²) in [6, 6.07) is 1.06. The maximum atomic E-state index is 4.13. The molecular formula is C15H27N3. The van der Waals surface area contributed by atoms with Crippen LogP contribution in [0.25, 0.3) is 0 Å². The van der Waals surface area contributed by atoms with Gasteiger partial charge in [0.1, 0.15) is 0 Å². The summed E-state index contributed by atoms with van der Waals surface area (Å²) >= 11 is 0. The first kappa shape index (κ1) is 13.6. The summed E-state index contributed by atoms with van der Waals surface area (Å²) in [7, 11) is 0. The fourth-order valence-corrected chi connectivity index (χ4v) is 2.32. The lowest BCUT2D eigenvalue weighted by molar-refractivity contribution is 0.201. The normalized spacial score (nSPS) is 21.6. The van der Waals surface area contributed by atoms with Gasteiger partial charge >= 0.3 is 0 Å². The van der Waals surface area contributed by atoms with Gasteiger partial charge in [-0.3, -0.25) is 0 Å². The van der Waals surface area contributed by atoms with Crippen molar-refractivity contribution in [3.8, 4) is 0 Å². The number of hydrogen-bond donors (Lipinski definition) is 1. The number of rotatable bonds is 5. The van der Waals surface area contributed by atoms with E-state index < -0.39 is 0 Å². The Hall–Kier alpha value is -0.830. The second kappa shape index (κ2) is 4.69. The van der Waals surface area contributed by atoms with Gasteiger partial charge in [-0.15, -0.1) is 0 Å². The standard InChI is InChI=1S/C15H27N3/c1-12(15(5)6-7-15)17-13(14(2,3)4)10-18-9-8-16-11-18/h8-9,11-13,17H,6-7,10H2,1-5H3. The molecule has 0 aromatic carbocycles. The molecule has 0 spiro atoms. The Morgan fingerprint density at radius 2 is 2.06 bits per heavy atom. The van der Waals surface area contributed by atoms with Crippen molar-refractivity contribution in [3.63, 3.8) is 0 Å². The van der Waals surface area contributed by atoms with Gasteiger partial charge in [0.25, 0.3) is 0 Å². The molecule has 1 aromatic rings. The number of nitrogens with zero attached hydrogens (tertiary/aromatic N) is 2. The Kier molecular flexibility index (Phi) is 3.54. The molecule has 1 fully saturated rings. The Labute approximate surface area is 111 Å². The van der Waals surface area contributed by atoms with Crippen molar-refractivity contribution in [1.82, 2.24) is 14.9 Å². The number of aromatic nitrogens is 2. The van der Waals surface area contributed by atoms with Crippen molar-refractivity contribution in [2.75, 3.05) is 0 Å². The van der Waals surface area contributed by atoms with Gasteiger partial charge in [0.15, 0.2) is 0 Å². The Bertz CT molecular complexity index is 371. The Balaban J connectivity index is 2.01. The van der Waals surface area contributed by atoms with Crippen LogP contribution in [0.1, 0.15) is 47.5 Å². The molecule has 0 amide bonds. The molecule has 0 bridgehead atoms. The SMILES string of the molecule is CC(NC(Cn1ccnc1)C(C)(C)C)C1(C)CC1. The third-order valence-electron chi connectivity index (χ3n) is 4.53. The van der Waals surface area contributed by atoms with Crippen molar-refractivity contribution in [1.29, 1.82) is 0 Å². The zero-order valence-corrected chi connectivity index (χ0v) is 12.4. The van der Waals surface area contributed by atoms with Crippen molar-refractivity contribution in [3.05, 3.63) is 18.7 Å².